The number of hydrogen-bond acceptors (Lipinski definition) is 4. The van der Waals surface area contributed by atoms with E-state index in [2.05, 4.69) is 21.1 Å². The van der Waals surface area contributed by atoms with Gasteiger partial charge in [0.05, 0.1) is 12.0 Å². The molecule has 1 heterocycles. The second-order valence-corrected chi connectivity index (χ2v) is 10.9. The van der Waals surface area contributed by atoms with Crippen LogP contribution in [0.3, 0.4) is 0 Å². The Labute approximate surface area is 242 Å². The van der Waals surface area contributed by atoms with Gasteiger partial charge in [0.25, 0.3) is 0 Å². The quantitative estimate of drug-likeness (QED) is 0.184. The minimum Gasteiger partial charge on any atom is -0.456 e. The van der Waals surface area contributed by atoms with Gasteiger partial charge in [0.15, 0.2) is 17.8 Å². The van der Waals surface area contributed by atoms with E-state index in [1.807, 2.05) is 0 Å². The molecule has 0 radical (unpaired) electrons. The molecule has 1 saturated heterocycles. The second kappa shape index (κ2) is 13.7. The van der Waals surface area contributed by atoms with Crippen LogP contribution >= 0.6 is 0 Å². The minimum atomic E-state index is -4.73. The molecule has 4 nitrogen and oxygen atoms in total. The average molecular weight is 627 g/mol. The summed E-state index contributed by atoms with van der Waals surface area (Å²) >= 11 is 0. The number of rotatable bonds is 11. The Morgan fingerprint density at radius 2 is 1.51 bits per heavy atom. The van der Waals surface area contributed by atoms with E-state index >= 15 is 0 Å². The fourth-order valence-electron chi connectivity index (χ4n) is 5.74. The molecule has 1 saturated carbocycles. The van der Waals surface area contributed by atoms with Crippen molar-refractivity contribution in [1.82, 2.24) is 0 Å². The Hall–Kier alpha value is -3.09. The van der Waals surface area contributed by atoms with Gasteiger partial charge in [-0.05, 0) is 68.9 Å². The molecule has 2 atom stereocenters. The lowest BCUT2D eigenvalue weighted by Gasteiger charge is -2.39. The number of alkyl halides is 4. The van der Waals surface area contributed by atoms with Crippen LogP contribution in [0.1, 0.15) is 63.9 Å². The lowest BCUT2D eigenvalue weighted by atomic mass is 9.76. The van der Waals surface area contributed by atoms with Gasteiger partial charge in [-0.3, -0.25) is 0 Å². The highest BCUT2D eigenvalue weighted by atomic mass is 19.3. The lowest BCUT2D eigenvalue weighted by molar-refractivity contribution is -0.225. The maximum atomic E-state index is 15.0. The van der Waals surface area contributed by atoms with Crippen molar-refractivity contribution in [3.63, 3.8) is 0 Å². The molecule has 2 aromatic rings. The van der Waals surface area contributed by atoms with E-state index < -0.39 is 64.5 Å². The number of hydrogen-bond donors (Lipinski definition) is 0. The first kappa shape index (κ1) is 32.8. The standard InChI is InChI=1S/C30H31F9O4/c1-2-3-17-4-10-25(40-15-17)18-5-7-19(8-6-18)29(36,37)43-21-13-23(32)28(24(33)14-21)30(38,39)42-20-9-11-26(22(31)12-20)41-16-27(34)35/h9,11-14,16-19,25H,2-8,10,15H2,1H3. The van der Waals surface area contributed by atoms with Crippen molar-refractivity contribution in [2.24, 2.45) is 17.8 Å². The van der Waals surface area contributed by atoms with E-state index in [0.29, 0.717) is 43.6 Å². The molecule has 4 rings (SSSR count). The average Bonchev–Trinajstić information content (AvgIpc) is 2.92. The third-order valence-corrected chi connectivity index (χ3v) is 7.86. The SMILES string of the molecule is CCCC1CCC(C2CCC(C(F)(F)Oc3cc(F)c(C(F)(F)Oc4ccc(OC=C(F)F)c(F)c4)c(F)c3)CC2)OC1. The summed E-state index contributed by atoms with van der Waals surface area (Å²) in [6, 6.07) is 2.05. The smallest absolute Gasteiger partial charge is 0.432 e. The second-order valence-electron chi connectivity index (χ2n) is 10.9. The predicted molar refractivity (Wildman–Crippen MR) is 137 cm³/mol. The molecule has 2 unspecified atom stereocenters. The summed E-state index contributed by atoms with van der Waals surface area (Å²) in [7, 11) is 0. The number of benzene rings is 2. The summed E-state index contributed by atoms with van der Waals surface area (Å²) in [6.45, 7) is 2.77. The van der Waals surface area contributed by atoms with Crippen LogP contribution in [0.5, 0.6) is 17.2 Å². The molecule has 0 N–H and O–H groups in total. The molecule has 43 heavy (non-hydrogen) atoms. The highest BCUT2D eigenvalue weighted by Crippen LogP contribution is 2.44. The Kier molecular flexibility index (Phi) is 10.4. The van der Waals surface area contributed by atoms with Crippen molar-refractivity contribution in [2.75, 3.05) is 6.61 Å². The van der Waals surface area contributed by atoms with Crippen LogP contribution in [0.4, 0.5) is 39.5 Å². The molecule has 238 valence electrons. The molecule has 2 aromatic carbocycles. The van der Waals surface area contributed by atoms with Crippen LogP contribution < -0.4 is 14.2 Å². The zero-order chi connectivity index (χ0) is 31.4. The summed E-state index contributed by atoms with van der Waals surface area (Å²) in [6.07, 6.45) is -5.75. The molecule has 0 amide bonds. The first-order chi connectivity index (χ1) is 20.3. The van der Waals surface area contributed by atoms with Crippen molar-refractivity contribution in [3.8, 4) is 17.2 Å². The molecule has 0 spiro atoms. The van der Waals surface area contributed by atoms with Gasteiger partial charge in [0, 0.05) is 24.8 Å². The topological polar surface area (TPSA) is 36.9 Å². The maximum Gasteiger partial charge on any atom is 0.432 e. The molecule has 1 aliphatic heterocycles. The van der Waals surface area contributed by atoms with Gasteiger partial charge in [-0.1, -0.05) is 13.3 Å². The first-order valence-electron chi connectivity index (χ1n) is 14.0. The highest BCUT2D eigenvalue weighted by molar-refractivity contribution is 5.36. The molecular weight excluding hydrogens is 595 g/mol. The van der Waals surface area contributed by atoms with Crippen molar-refractivity contribution < 1.29 is 58.5 Å². The van der Waals surface area contributed by atoms with E-state index in [1.54, 1.807) is 0 Å². The normalized spacial score (nSPS) is 23.0. The van der Waals surface area contributed by atoms with Crippen LogP contribution in [0.15, 0.2) is 42.7 Å². The van der Waals surface area contributed by atoms with E-state index in [-0.39, 0.29) is 43.3 Å². The van der Waals surface area contributed by atoms with Crippen LogP contribution in [0, 0.1) is 35.2 Å². The van der Waals surface area contributed by atoms with Gasteiger partial charge in [-0.2, -0.15) is 26.3 Å². The molecule has 13 heteroatoms. The van der Waals surface area contributed by atoms with Gasteiger partial charge < -0.3 is 18.9 Å². The molecule has 0 bridgehead atoms. The van der Waals surface area contributed by atoms with Gasteiger partial charge in [0.1, 0.15) is 28.7 Å². The van der Waals surface area contributed by atoms with Crippen molar-refractivity contribution >= 4 is 0 Å². The zero-order valence-corrected chi connectivity index (χ0v) is 23.2. The Balaban J connectivity index is 1.38. The molecule has 1 aliphatic carbocycles. The Bertz CT molecular complexity index is 1240. The Morgan fingerprint density at radius 1 is 0.860 bits per heavy atom. The lowest BCUT2D eigenvalue weighted by Crippen LogP contribution is -2.40. The van der Waals surface area contributed by atoms with Gasteiger partial charge >= 0.3 is 18.3 Å². The van der Waals surface area contributed by atoms with E-state index in [0.717, 1.165) is 25.7 Å². The fraction of sp³-hybridized carbons (Fsp3) is 0.533. The van der Waals surface area contributed by atoms with Crippen molar-refractivity contribution in [1.29, 1.82) is 0 Å². The van der Waals surface area contributed by atoms with Crippen molar-refractivity contribution in [2.45, 2.75) is 76.6 Å². The first-order valence-corrected chi connectivity index (χ1v) is 14.0. The summed E-state index contributed by atoms with van der Waals surface area (Å²) in [5.41, 5.74) is -1.93. The maximum absolute atomic E-state index is 15.0. The predicted octanol–water partition coefficient (Wildman–Crippen LogP) is 9.72. The van der Waals surface area contributed by atoms with Crippen molar-refractivity contribution in [3.05, 3.63) is 65.7 Å². The van der Waals surface area contributed by atoms with E-state index in [1.165, 1.54) is 0 Å². The molecule has 2 fully saturated rings. The van der Waals surface area contributed by atoms with Gasteiger partial charge in [-0.25, -0.2) is 13.2 Å². The van der Waals surface area contributed by atoms with Crippen LogP contribution in [0.25, 0.3) is 0 Å². The minimum absolute atomic E-state index is 0.00840. The zero-order valence-electron chi connectivity index (χ0n) is 23.2. The molecule has 0 aromatic heterocycles. The third kappa shape index (κ3) is 8.30. The monoisotopic (exact) mass is 626 g/mol. The van der Waals surface area contributed by atoms with Gasteiger partial charge in [-0.15, -0.1) is 0 Å². The summed E-state index contributed by atoms with van der Waals surface area (Å²) < 4.78 is 146. The molecular formula is C30H31F9O4. The number of halogens is 9. The van der Waals surface area contributed by atoms with Gasteiger partial charge in [0.2, 0.25) is 0 Å². The van der Waals surface area contributed by atoms with E-state index in [4.69, 9.17) is 4.74 Å². The summed E-state index contributed by atoms with van der Waals surface area (Å²) in [5.74, 6) is -8.59. The largest absolute Gasteiger partial charge is 0.456 e. The highest BCUT2D eigenvalue weighted by Gasteiger charge is 2.46. The third-order valence-electron chi connectivity index (χ3n) is 7.86. The Morgan fingerprint density at radius 3 is 2.07 bits per heavy atom. The van der Waals surface area contributed by atoms with Crippen LogP contribution in [-0.4, -0.2) is 18.8 Å². The van der Waals surface area contributed by atoms with Crippen LogP contribution in [0.2, 0.25) is 0 Å². The van der Waals surface area contributed by atoms with Crippen LogP contribution in [-0.2, 0) is 10.8 Å². The number of ether oxygens (including phenoxy) is 4. The summed E-state index contributed by atoms with van der Waals surface area (Å²) in [5, 5.41) is 0. The molecule has 2 aliphatic rings. The summed E-state index contributed by atoms with van der Waals surface area (Å²) in [4.78, 5) is 0. The fourth-order valence-corrected chi connectivity index (χ4v) is 5.74. The van der Waals surface area contributed by atoms with E-state index in [9.17, 15) is 39.5 Å².